The summed E-state index contributed by atoms with van der Waals surface area (Å²) in [6.45, 7) is 0.200. The first kappa shape index (κ1) is 24.1. The van der Waals surface area contributed by atoms with Crippen LogP contribution in [0.3, 0.4) is 0 Å². The maximum atomic E-state index is 13.7. The number of fused-ring (bicyclic) bond motifs is 1. The van der Waals surface area contributed by atoms with Crippen molar-refractivity contribution in [2.24, 2.45) is 0 Å². The Bertz CT molecular complexity index is 1270. The van der Waals surface area contributed by atoms with Crippen LogP contribution in [0.25, 0.3) is 10.9 Å². The summed E-state index contributed by atoms with van der Waals surface area (Å²) in [5.41, 5.74) is 1.03. The lowest BCUT2D eigenvalue weighted by Crippen LogP contribution is -2.19. The van der Waals surface area contributed by atoms with Gasteiger partial charge in [0.05, 0.1) is 29.0 Å². The summed E-state index contributed by atoms with van der Waals surface area (Å²) >= 11 is 5.65. The fourth-order valence-electron chi connectivity index (χ4n) is 2.97. The average molecular weight is 495 g/mol. The largest absolute Gasteiger partial charge is 0.492 e. The molecule has 2 heterocycles. The highest BCUT2D eigenvalue weighted by atomic mass is 35.5. The quantitative estimate of drug-likeness (QED) is 0.349. The lowest BCUT2D eigenvalue weighted by Gasteiger charge is -2.09. The number of nitrogens with one attached hydrogen (secondary N) is 2. The Hall–Kier alpha value is -3.50. The van der Waals surface area contributed by atoms with Gasteiger partial charge in [0.15, 0.2) is 11.6 Å². The van der Waals surface area contributed by atoms with Gasteiger partial charge in [-0.25, -0.2) is 18.7 Å². The molecule has 1 amide bonds. The van der Waals surface area contributed by atoms with E-state index in [4.69, 9.17) is 16.3 Å². The molecule has 0 unspecified atom stereocenters. The number of alkyl halides is 1. The van der Waals surface area contributed by atoms with Crippen molar-refractivity contribution in [1.82, 2.24) is 19.7 Å². The molecule has 0 aliphatic heterocycles. The van der Waals surface area contributed by atoms with Crippen LogP contribution in [0.1, 0.15) is 0 Å². The predicted octanol–water partition coefficient (Wildman–Crippen LogP) is 4.53. The van der Waals surface area contributed by atoms with E-state index in [1.165, 1.54) is 29.3 Å². The molecular weight excluding hydrogens is 477 g/mol. The molecule has 0 bridgehead atoms. The summed E-state index contributed by atoms with van der Waals surface area (Å²) in [6, 6.07) is 8.96. The fourth-order valence-corrected chi connectivity index (χ4v) is 3.05. The summed E-state index contributed by atoms with van der Waals surface area (Å²) in [7, 11) is 0. The highest BCUT2D eigenvalue weighted by Gasteiger charge is 2.12. The van der Waals surface area contributed by atoms with Crippen molar-refractivity contribution < 1.29 is 18.3 Å². The number of amides is 1. The van der Waals surface area contributed by atoms with Crippen molar-refractivity contribution in [2.45, 2.75) is 6.54 Å². The zero-order chi connectivity index (χ0) is 22.5. The van der Waals surface area contributed by atoms with Crippen LogP contribution in [-0.2, 0) is 11.3 Å². The topological polar surface area (TPSA) is 94.0 Å². The molecule has 2 aromatic heterocycles. The third kappa shape index (κ3) is 5.85. The number of hydrogen-bond acceptors (Lipinski definition) is 6. The molecule has 12 heteroatoms. The number of aromatic nitrogens is 4. The molecule has 172 valence electrons. The molecular formula is C21H18Cl2F2N6O2. The Labute approximate surface area is 198 Å². The lowest BCUT2D eigenvalue weighted by atomic mass is 10.2. The van der Waals surface area contributed by atoms with Crippen LogP contribution >= 0.6 is 24.0 Å². The molecule has 4 aromatic rings. The lowest BCUT2D eigenvalue weighted by molar-refractivity contribution is -0.116. The van der Waals surface area contributed by atoms with Gasteiger partial charge in [-0.1, -0.05) is 6.07 Å². The third-order valence-electron chi connectivity index (χ3n) is 4.38. The van der Waals surface area contributed by atoms with Crippen LogP contribution in [0.15, 0.2) is 55.1 Å². The molecule has 0 radical (unpaired) electrons. The molecule has 0 saturated carbocycles. The van der Waals surface area contributed by atoms with E-state index in [2.05, 4.69) is 25.7 Å². The third-order valence-corrected chi connectivity index (χ3v) is 4.54. The zero-order valence-electron chi connectivity index (χ0n) is 17.0. The Morgan fingerprint density at radius 2 is 2.03 bits per heavy atom. The van der Waals surface area contributed by atoms with E-state index < -0.39 is 17.5 Å². The maximum absolute atomic E-state index is 13.7. The van der Waals surface area contributed by atoms with Crippen molar-refractivity contribution >= 4 is 58.0 Å². The fraction of sp³-hybridized carbons (Fsp3) is 0.143. The highest BCUT2D eigenvalue weighted by Crippen LogP contribution is 2.26. The molecule has 33 heavy (non-hydrogen) atoms. The predicted molar refractivity (Wildman–Crippen MR) is 123 cm³/mol. The molecule has 0 atom stereocenters. The first-order valence-electron chi connectivity index (χ1n) is 9.50. The van der Waals surface area contributed by atoms with E-state index in [0.717, 1.165) is 11.5 Å². The number of benzene rings is 2. The van der Waals surface area contributed by atoms with Gasteiger partial charge in [-0.2, -0.15) is 5.10 Å². The van der Waals surface area contributed by atoms with Crippen LogP contribution in [0.4, 0.5) is 26.0 Å². The second-order valence-corrected chi connectivity index (χ2v) is 7.02. The monoisotopic (exact) mass is 494 g/mol. The van der Waals surface area contributed by atoms with Gasteiger partial charge < -0.3 is 15.4 Å². The standard InChI is InChI=1S/C21H17ClF2N6O2.ClH/c22-6-7-32-14-4-5-15-18(8-14)25-12-26-21(15)28-13-9-27-30(10-13)11-19(31)29-17-3-1-2-16(23)20(17)24;/h1-5,8-10,12H,6-7,11H2,(H,29,31)(H,25,26,28);1H. The van der Waals surface area contributed by atoms with E-state index in [1.807, 2.05) is 6.07 Å². The maximum Gasteiger partial charge on any atom is 0.246 e. The van der Waals surface area contributed by atoms with E-state index in [1.54, 1.807) is 18.3 Å². The molecule has 2 N–H and O–H groups in total. The van der Waals surface area contributed by atoms with E-state index in [-0.39, 0.29) is 24.6 Å². The van der Waals surface area contributed by atoms with Crippen LogP contribution in [0, 0.1) is 11.6 Å². The van der Waals surface area contributed by atoms with Crippen LogP contribution in [0.2, 0.25) is 0 Å². The van der Waals surface area contributed by atoms with Crippen molar-refractivity contribution in [3.05, 3.63) is 66.8 Å². The number of ether oxygens (including phenoxy) is 1. The number of anilines is 3. The number of nitrogens with zero attached hydrogens (tertiary/aromatic N) is 4. The van der Waals surface area contributed by atoms with Gasteiger partial charge in [-0.05, 0) is 24.3 Å². The SMILES string of the molecule is Cl.O=C(Cn1cc(Nc2ncnc3cc(OCCCl)ccc23)cn1)Nc1cccc(F)c1F. The first-order valence-corrected chi connectivity index (χ1v) is 10.0. The zero-order valence-corrected chi connectivity index (χ0v) is 18.5. The Balaban J connectivity index is 0.00000306. The molecule has 0 aliphatic carbocycles. The molecule has 0 aliphatic rings. The average Bonchev–Trinajstić information content (AvgIpc) is 3.22. The van der Waals surface area contributed by atoms with Gasteiger partial charge >= 0.3 is 0 Å². The number of carbonyl (C=O) groups excluding carboxylic acids is 1. The van der Waals surface area contributed by atoms with Gasteiger partial charge in [0.25, 0.3) is 0 Å². The number of rotatable bonds is 8. The van der Waals surface area contributed by atoms with Gasteiger partial charge in [0.2, 0.25) is 5.91 Å². The van der Waals surface area contributed by atoms with E-state index in [9.17, 15) is 13.6 Å². The van der Waals surface area contributed by atoms with Crippen molar-refractivity contribution in [1.29, 1.82) is 0 Å². The first-order chi connectivity index (χ1) is 15.5. The summed E-state index contributed by atoms with van der Waals surface area (Å²) in [4.78, 5) is 20.7. The molecule has 0 spiro atoms. The van der Waals surface area contributed by atoms with E-state index in [0.29, 0.717) is 35.3 Å². The molecule has 0 saturated heterocycles. The second kappa shape index (κ2) is 10.9. The second-order valence-electron chi connectivity index (χ2n) is 6.64. The van der Waals surface area contributed by atoms with Crippen molar-refractivity contribution in [3.63, 3.8) is 0 Å². The molecule has 4 rings (SSSR count). The minimum Gasteiger partial charge on any atom is -0.492 e. The smallest absolute Gasteiger partial charge is 0.246 e. The van der Waals surface area contributed by atoms with Crippen LogP contribution < -0.4 is 15.4 Å². The van der Waals surface area contributed by atoms with Crippen molar-refractivity contribution in [2.75, 3.05) is 23.1 Å². The van der Waals surface area contributed by atoms with Gasteiger partial charge in [0, 0.05) is 17.6 Å². The number of hydrogen-bond donors (Lipinski definition) is 2. The molecule has 2 aromatic carbocycles. The van der Waals surface area contributed by atoms with Gasteiger partial charge in [-0.3, -0.25) is 9.48 Å². The molecule has 8 nitrogen and oxygen atoms in total. The Morgan fingerprint density at radius 1 is 1.18 bits per heavy atom. The number of carbonyl (C=O) groups is 1. The van der Waals surface area contributed by atoms with Crippen LogP contribution in [0.5, 0.6) is 5.75 Å². The summed E-state index contributed by atoms with van der Waals surface area (Å²) in [5, 5.41) is 10.3. The number of halogens is 4. The Kier molecular flexibility index (Phi) is 7.96. The van der Waals surface area contributed by atoms with Crippen LogP contribution in [-0.4, -0.2) is 38.1 Å². The van der Waals surface area contributed by atoms with Gasteiger partial charge in [0.1, 0.15) is 31.0 Å². The summed E-state index contributed by atoms with van der Waals surface area (Å²) < 4.78 is 33.9. The minimum atomic E-state index is -1.12. The molecule has 0 fully saturated rings. The highest BCUT2D eigenvalue weighted by molar-refractivity contribution is 6.18. The normalized spacial score (nSPS) is 10.5. The minimum absolute atomic E-state index is 0. The van der Waals surface area contributed by atoms with Gasteiger partial charge in [-0.15, -0.1) is 24.0 Å². The Morgan fingerprint density at radius 3 is 2.85 bits per heavy atom. The summed E-state index contributed by atoms with van der Waals surface area (Å²) in [6.07, 6.45) is 4.52. The van der Waals surface area contributed by atoms with E-state index >= 15 is 0 Å². The summed E-state index contributed by atoms with van der Waals surface area (Å²) in [5.74, 6) is -1.13. The van der Waals surface area contributed by atoms with Crippen molar-refractivity contribution in [3.8, 4) is 5.75 Å².